The van der Waals surface area contributed by atoms with Gasteiger partial charge in [-0.15, -0.1) is 0 Å². The highest BCUT2D eigenvalue weighted by molar-refractivity contribution is 6.11. The van der Waals surface area contributed by atoms with Crippen molar-refractivity contribution in [2.75, 3.05) is 7.11 Å². The molecular formula is C24H22N2O2. The SMILES string of the molecule is COc1ccc(CC(=O)N/N=C(\C=C/c2ccccc2)c2ccccc2)cc1. The van der Waals surface area contributed by atoms with Gasteiger partial charge in [-0.1, -0.05) is 78.9 Å². The fourth-order valence-corrected chi connectivity index (χ4v) is 2.64. The van der Waals surface area contributed by atoms with Crippen molar-refractivity contribution in [1.82, 2.24) is 5.43 Å². The van der Waals surface area contributed by atoms with E-state index >= 15 is 0 Å². The number of nitrogens with one attached hydrogen (secondary N) is 1. The van der Waals surface area contributed by atoms with Crippen molar-refractivity contribution in [3.05, 3.63) is 108 Å². The quantitative estimate of drug-likeness (QED) is 0.493. The Bertz CT molecular complexity index is 947. The number of carbonyl (C=O) groups excluding carboxylic acids is 1. The van der Waals surface area contributed by atoms with Crippen LogP contribution in [0.4, 0.5) is 0 Å². The molecule has 4 heteroatoms. The monoisotopic (exact) mass is 370 g/mol. The maximum atomic E-state index is 12.3. The molecule has 1 N–H and O–H groups in total. The van der Waals surface area contributed by atoms with Crippen molar-refractivity contribution >= 4 is 17.7 Å². The van der Waals surface area contributed by atoms with Crippen LogP contribution in [0.1, 0.15) is 16.7 Å². The molecule has 3 rings (SSSR count). The van der Waals surface area contributed by atoms with Gasteiger partial charge < -0.3 is 4.74 Å². The zero-order valence-electron chi connectivity index (χ0n) is 15.7. The number of hydrazone groups is 1. The average molecular weight is 370 g/mol. The van der Waals surface area contributed by atoms with E-state index in [0.717, 1.165) is 22.4 Å². The first kappa shape index (κ1) is 19.1. The molecule has 140 valence electrons. The highest BCUT2D eigenvalue weighted by Crippen LogP contribution is 2.12. The van der Waals surface area contributed by atoms with Gasteiger partial charge in [-0.05, 0) is 29.3 Å². The fraction of sp³-hybridized carbons (Fsp3) is 0.0833. The van der Waals surface area contributed by atoms with E-state index in [4.69, 9.17) is 4.74 Å². The van der Waals surface area contributed by atoms with Gasteiger partial charge in [0.15, 0.2) is 0 Å². The molecule has 3 aromatic carbocycles. The third-order valence-corrected chi connectivity index (χ3v) is 4.13. The van der Waals surface area contributed by atoms with Crippen LogP contribution in [0.5, 0.6) is 5.75 Å². The van der Waals surface area contributed by atoms with E-state index in [1.807, 2.05) is 97.1 Å². The summed E-state index contributed by atoms with van der Waals surface area (Å²) in [4.78, 5) is 12.3. The third-order valence-electron chi connectivity index (χ3n) is 4.13. The first-order valence-corrected chi connectivity index (χ1v) is 9.02. The second-order valence-corrected chi connectivity index (χ2v) is 6.17. The predicted octanol–water partition coefficient (Wildman–Crippen LogP) is 4.47. The van der Waals surface area contributed by atoms with Crippen LogP contribution in [-0.2, 0) is 11.2 Å². The molecule has 0 atom stereocenters. The van der Waals surface area contributed by atoms with E-state index < -0.39 is 0 Å². The van der Waals surface area contributed by atoms with Crippen LogP contribution < -0.4 is 10.2 Å². The molecule has 0 fully saturated rings. The second-order valence-electron chi connectivity index (χ2n) is 6.17. The van der Waals surface area contributed by atoms with Crippen LogP contribution >= 0.6 is 0 Å². The highest BCUT2D eigenvalue weighted by Gasteiger charge is 2.05. The standard InChI is InChI=1S/C24H22N2O2/c1-28-22-15-12-20(13-16-22)18-24(27)26-25-23(21-10-6-3-7-11-21)17-14-19-8-4-2-5-9-19/h2-17H,18H2,1H3,(H,26,27)/b17-14-,25-23+. The van der Waals surface area contributed by atoms with E-state index in [0.29, 0.717) is 5.71 Å². The molecule has 0 heterocycles. The first-order chi connectivity index (χ1) is 13.7. The third kappa shape index (κ3) is 5.68. The largest absolute Gasteiger partial charge is 0.497 e. The Morgan fingerprint density at radius 1 is 0.929 bits per heavy atom. The molecular weight excluding hydrogens is 348 g/mol. The lowest BCUT2D eigenvalue weighted by Gasteiger charge is -2.05. The number of nitrogens with zero attached hydrogens (tertiary/aromatic N) is 1. The molecule has 0 unspecified atom stereocenters. The lowest BCUT2D eigenvalue weighted by molar-refractivity contribution is -0.120. The topological polar surface area (TPSA) is 50.7 Å². The molecule has 28 heavy (non-hydrogen) atoms. The van der Waals surface area contributed by atoms with Crippen LogP contribution in [0.2, 0.25) is 0 Å². The number of carbonyl (C=O) groups is 1. The predicted molar refractivity (Wildman–Crippen MR) is 113 cm³/mol. The number of amides is 1. The summed E-state index contributed by atoms with van der Waals surface area (Å²) in [5, 5.41) is 4.34. The molecule has 3 aromatic rings. The minimum Gasteiger partial charge on any atom is -0.497 e. The van der Waals surface area contributed by atoms with Gasteiger partial charge in [-0.3, -0.25) is 4.79 Å². The van der Waals surface area contributed by atoms with Crippen molar-refractivity contribution in [2.45, 2.75) is 6.42 Å². The van der Waals surface area contributed by atoms with Gasteiger partial charge in [-0.25, -0.2) is 5.43 Å². The Morgan fingerprint density at radius 2 is 1.57 bits per heavy atom. The molecule has 0 aromatic heterocycles. The summed E-state index contributed by atoms with van der Waals surface area (Å²) in [7, 11) is 1.62. The van der Waals surface area contributed by atoms with Crippen molar-refractivity contribution in [3.8, 4) is 5.75 Å². The maximum Gasteiger partial charge on any atom is 0.244 e. The maximum absolute atomic E-state index is 12.3. The Labute approximate surface area is 165 Å². The van der Waals surface area contributed by atoms with Gasteiger partial charge >= 0.3 is 0 Å². The van der Waals surface area contributed by atoms with Crippen molar-refractivity contribution < 1.29 is 9.53 Å². The molecule has 0 saturated carbocycles. The summed E-state index contributed by atoms with van der Waals surface area (Å²) in [6.45, 7) is 0. The Balaban J connectivity index is 1.72. The van der Waals surface area contributed by atoms with E-state index in [-0.39, 0.29) is 12.3 Å². The first-order valence-electron chi connectivity index (χ1n) is 9.02. The van der Waals surface area contributed by atoms with Gasteiger partial charge in [0, 0.05) is 5.56 Å². The molecule has 0 aliphatic carbocycles. The average Bonchev–Trinajstić information content (AvgIpc) is 2.75. The van der Waals surface area contributed by atoms with Crippen LogP contribution in [0.25, 0.3) is 6.08 Å². The summed E-state index contributed by atoms with van der Waals surface area (Å²) < 4.78 is 5.14. The van der Waals surface area contributed by atoms with E-state index in [1.165, 1.54) is 0 Å². The summed E-state index contributed by atoms with van der Waals surface area (Å²) in [5.74, 6) is 0.589. The summed E-state index contributed by atoms with van der Waals surface area (Å²) in [6, 6.07) is 27.1. The zero-order chi connectivity index (χ0) is 19.6. The number of methoxy groups -OCH3 is 1. The summed E-state index contributed by atoms with van der Waals surface area (Å²) >= 11 is 0. The molecule has 0 aliphatic rings. The molecule has 0 aliphatic heterocycles. The normalized spacial score (nSPS) is 11.4. The Kier molecular flexibility index (Phi) is 6.74. The fourth-order valence-electron chi connectivity index (χ4n) is 2.64. The minimum absolute atomic E-state index is 0.174. The molecule has 1 amide bonds. The van der Waals surface area contributed by atoms with E-state index in [1.54, 1.807) is 7.11 Å². The Hall–Kier alpha value is -3.66. The summed E-state index contributed by atoms with van der Waals surface area (Å²) in [5.41, 5.74) is 6.24. The smallest absolute Gasteiger partial charge is 0.244 e. The van der Waals surface area contributed by atoms with Crippen molar-refractivity contribution in [3.63, 3.8) is 0 Å². The zero-order valence-corrected chi connectivity index (χ0v) is 15.7. The van der Waals surface area contributed by atoms with Crippen LogP contribution in [0, 0.1) is 0 Å². The lowest BCUT2D eigenvalue weighted by atomic mass is 10.1. The lowest BCUT2D eigenvalue weighted by Crippen LogP contribution is -2.21. The van der Waals surface area contributed by atoms with Crippen molar-refractivity contribution in [1.29, 1.82) is 0 Å². The number of hydrogen-bond acceptors (Lipinski definition) is 3. The van der Waals surface area contributed by atoms with Crippen molar-refractivity contribution in [2.24, 2.45) is 5.10 Å². The number of benzene rings is 3. The molecule has 0 saturated heterocycles. The van der Waals surface area contributed by atoms with Gasteiger partial charge in [0.05, 0.1) is 19.2 Å². The van der Waals surface area contributed by atoms with Gasteiger partial charge in [-0.2, -0.15) is 5.10 Å². The van der Waals surface area contributed by atoms with E-state index in [9.17, 15) is 4.79 Å². The number of ether oxygens (including phenoxy) is 1. The van der Waals surface area contributed by atoms with Gasteiger partial charge in [0.1, 0.15) is 5.75 Å². The minimum atomic E-state index is -0.174. The Morgan fingerprint density at radius 3 is 2.21 bits per heavy atom. The van der Waals surface area contributed by atoms with Gasteiger partial charge in [0.25, 0.3) is 0 Å². The van der Waals surface area contributed by atoms with Crippen LogP contribution in [0.3, 0.4) is 0 Å². The number of hydrogen-bond donors (Lipinski definition) is 1. The second kappa shape index (κ2) is 9.88. The van der Waals surface area contributed by atoms with E-state index in [2.05, 4.69) is 10.5 Å². The molecule has 0 bridgehead atoms. The highest BCUT2D eigenvalue weighted by atomic mass is 16.5. The molecule has 4 nitrogen and oxygen atoms in total. The number of allylic oxidation sites excluding steroid dienone is 1. The van der Waals surface area contributed by atoms with Crippen LogP contribution in [-0.4, -0.2) is 18.7 Å². The van der Waals surface area contributed by atoms with Gasteiger partial charge in [0.2, 0.25) is 5.91 Å². The summed E-state index contributed by atoms with van der Waals surface area (Å²) in [6.07, 6.45) is 4.12. The van der Waals surface area contributed by atoms with Crippen LogP contribution in [0.15, 0.2) is 96.1 Å². The molecule has 0 radical (unpaired) electrons. The molecule has 0 spiro atoms. The number of rotatable bonds is 7.